The van der Waals surface area contributed by atoms with Crippen LogP contribution in [0.4, 0.5) is 0 Å². The molecule has 2 nitrogen and oxygen atoms in total. The Morgan fingerprint density at radius 3 is 2.89 bits per heavy atom. The van der Waals surface area contributed by atoms with Crippen molar-refractivity contribution in [3.63, 3.8) is 0 Å². The van der Waals surface area contributed by atoms with E-state index in [9.17, 15) is 4.79 Å². The largest absolute Gasteiger partial charge is 0.488 e. The second-order valence-electron chi connectivity index (χ2n) is 4.19. The van der Waals surface area contributed by atoms with Crippen LogP contribution >= 0.6 is 45.2 Å². The Kier molecular flexibility index (Phi) is 5.06. The molecule has 0 aromatic heterocycles. The lowest BCUT2D eigenvalue weighted by molar-refractivity contribution is -0.121. The van der Waals surface area contributed by atoms with E-state index in [4.69, 9.17) is 4.74 Å². The fourth-order valence-corrected chi connectivity index (χ4v) is 3.67. The van der Waals surface area contributed by atoms with E-state index in [2.05, 4.69) is 57.3 Å². The smallest absolute Gasteiger partial charge is 0.140 e. The minimum absolute atomic E-state index is 0.0486. The minimum atomic E-state index is -0.0486. The van der Waals surface area contributed by atoms with Crippen LogP contribution in [0.25, 0.3) is 0 Å². The fourth-order valence-electron chi connectivity index (χ4n) is 2.00. The number of hydrogen-bond acceptors (Lipinski definition) is 2. The van der Waals surface area contributed by atoms with Crippen LogP contribution in [0.3, 0.4) is 0 Å². The molecule has 1 aromatic rings. The third kappa shape index (κ3) is 3.07. The van der Waals surface area contributed by atoms with Gasteiger partial charge >= 0.3 is 0 Å². The van der Waals surface area contributed by atoms with Crippen LogP contribution in [0.5, 0.6) is 5.75 Å². The second-order valence-corrected chi connectivity index (χ2v) is 6.92. The zero-order chi connectivity index (χ0) is 13.1. The van der Waals surface area contributed by atoms with Gasteiger partial charge < -0.3 is 4.74 Å². The first-order chi connectivity index (χ1) is 8.63. The van der Waals surface area contributed by atoms with Gasteiger partial charge in [-0.05, 0) is 28.7 Å². The van der Waals surface area contributed by atoms with Gasteiger partial charge in [-0.25, -0.2) is 0 Å². The summed E-state index contributed by atoms with van der Waals surface area (Å²) >= 11 is 4.61. The Labute approximate surface area is 134 Å². The molecule has 2 atom stereocenters. The van der Waals surface area contributed by atoms with Crippen molar-refractivity contribution in [1.82, 2.24) is 0 Å². The summed E-state index contributed by atoms with van der Waals surface area (Å²) in [6.45, 7) is 2.47. The van der Waals surface area contributed by atoms with Crippen molar-refractivity contribution in [3.8, 4) is 5.75 Å². The van der Waals surface area contributed by atoms with Gasteiger partial charge in [0.25, 0.3) is 0 Å². The molecule has 0 aliphatic carbocycles. The highest BCUT2D eigenvalue weighted by Gasteiger charge is 2.28. The number of hydrogen-bond donors (Lipinski definition) is 0. The van der Waals surface area contributed by atoms with Crippen LogP contribution in [0, 0.1) is 5.92 Å². The van der Waals surface area contributed by atoms with Gasteiger partial charge in [-0.2, -0.15) is 0 Å². The standard InChI is InChI=1S/C14H14I2O2/c1-2-12(17)11-7-9(15)8-18-13-6-4-3-5-10(13)14(11)16/h3-7,11,14H,2,8H2,1H3/b9-7+. The van der Waals surface area contributed by atoms with Crippen molar-refractivity contribution in [1.29, 1.82) is 0 Å². The topological polar surface area (TPSA) is 26.3 Å². The third-order valence-electron chi connectivity index (χ3n) is 2.98. The van der Waals surface area contributed by atoms with Crippen molar-refractivity contribution in [2.75, 3.05) is 6.61 Å². The third-order valence-corrected chi connectivity index (χ3v) is 5.09. The normalized spacial score (nSPS) is 26.1. The van der Waals surface area contributed by atoms with Gasteiger partial charge in [-0.3, -0.25) is 4.79 Å². The zero-order valence-corrected chi connectivity index (χ0v) is 14.3. The van der Waals surface area contributed by atoms with Gasteiger partial charge in [0.1, 0.15) is 18.1 Å². The summed E-state index contributed by atoms with van der Waals surface area (Å²) in [5, 5.41) is 0. The van der Waals surface area contributed by atoms with E-state index in [1.165, 1.54) is 0 Å². The number of carbonyl (C=O) groups is 1. The van der Waals surface area contributed by atoms with E-state index in [-0.39, 0.29) is 9.84 Å². The van der Waals surface area contributed by atoms with Gasteiger partial charge in [-0.15, -0.1) is 0 Å². The number of ketones is 1. The van der Waals surface area contributed by atoms with Crippen LogP contribution in [0.1, 0.15) is 22.8 Å². The summed E-state index contributed by atoms with van der Waals surface area (Å²) in [5.41, 5.74) is 1.12. The molecule has 96 valence electrons. The van der Waals surface area contributed by atoms with Gasteiger partial charge in [0.2, 0.25) is 0 Å². The molecule has 0 bridgehead atoms. The van der Waals surface area contributed by atoms with Crippen LogP contribution < -0.4 is 4.74 Å². The predicted octanol–water partition coefficient (Wildman–Crippen LogP) is 4.47. The Bertz CT molecular complexity index is 482. The molecule has 0 amide bonds. The van der Waals surface area contributed by atoms with E-state index in [0.717, 1.165) is 14.9 Å². The second kappa shape index (κ2) is 6.36. The van der Waals surface area contributed by atoms with Crippen molar-refractivity contribution in [2.24, 2.45) is 5.92 Å². The Morgan fingerprint density at radius 2 is 2.17 bits per heavy atom. The molecule has 1 aliphatic rings. The van der Waals surface area contributed by atoms with E-state index in [1.807, 2.05) is 25.1 Å². The summed E-state index contributed by atoms with van der Waals surface area (Å²) in [6, 6.07) is 7.99. The average molecular weight is 468 g/mol. The lowest BCUT2D eigenvalue weighted by Crippen LogP contribution is -2.19. The summed E-state index contributed by atoms with van der Waals surface area (Å²) in [5.74, 6) is 1.14. The molecular weight excluding hydrogens is 454 g/mol. The average Bonchev–Trinajstić information content (AvgIpc) is 2.40. The number of halogens is 2. The highest BCUT2D eigenvalue weighted by atomic mass is 127. The summed E-state index contributed by atoms with van der Waals surface area (Å²) < 4.78 is 7.01. The van der Waals surface area contributed by atoms with Crippen molar-refractivity contribution < 1.29 is 9.53 Å². The van der Waals surface area contributed by atoms with Crippen molar-refractivity contribution in [2.45, 2.75) is 17.3 Å². The van der Waals surface area contributed by atoms with Gasteiger partial charge in [0.05, 0.1) is 9.84 Å². The summed E-state index contributed by atoms with van der Waals surface area (Å²) in [7, 11) is 0. The van der Waals surface area contributed by atoms with Crippen LogP contribution in [-0.2, 0) is 4.79 Å². The number of ether oxygens (including phenoxy) is 1. The maximum absolute atomic E-state index is 12.1. The first-order valence-corrected chi connectivity index (χ1v) is 8.20. The summed E-state index contributed by atoms with van der Waals surface area (Å²) in [6.07, 6.45) is 2.63. The molecule has 1 aliphatic heterocycles. The van der Waals surface area contributed by atoms with Gasteiger partial charge in [0.15, 0.2) is 0 Å². The number of para-hydroxylation sites is 1. The quantitative estimate of drug-likeness (QED) is 0.474. The van der Waals surface area contributed by atoms with Gasteiger partial charge in [0, 0.05) is 15.6 Å². The summed E-state index contributed by atoms with van der Waals surface area (Å²) in [4.78, 5) is 12.1. The molecule has 0 saturated heterocycles. The number of alkyl halides is 1. The molecule has 0 N–H and O–H groups in total. The number of rotatable bonds is 2. The molecule has 2 unspecified atom stereocenters. The number of carbonyl (C=O) groups excluding carboxylic acids is 1. The predicted molar refractivity (Wildman–Crippen MR) is 89.6 cm³/mol. The fraction of sp³-hybridized carbons (Fsp3) is 0.357. The molecular formula is C14H14I2O2. The SMILES string of the molecule is CCC(=O)C1/C=C(/I)COc2ccccc2C1I. The first kappa shape index (κ1) is 14.3. The molecule has 1 heterocycles. The van der Waals surface area contributed by atoms with E-state index in [0.29, 0.717) is 18.8 Å². The first-order valence-electron chi connectivity index (χ1n) is 5.88. The maximum Gasteiger partial charge on any atom is 0.140 e. The zero-order valence-electron chi connectivity index (χ0n) is 10.0. The molecule has 0 saturated carbocycles. The van der Waals surface area contributed by atoms with Crippen LogP contribution in [0.15, 0.2) is 33.9 Å². The minimum Gasteiger partial charge on any atom is -0.488 e. The molecule has 0 radical (unpaired) electrons. The van der Waals surface area contributed by atoms with Crippen molar-refractivity contribution in [3.05, 3.63) is 39.5 Å². The molecule has 1 aromatic carbocycles. The molecule has 18 heavy (non-hydrogen) atoms. The van der Waals surface area contributed by atoms with E-state index in [1.54, 1.807) is 0 Å². The molecule has 0 spiro atoms. The van der Waals surface area contributed by atoms with E-state index < -0.39 is 0 Å². The number of benzene rings is 1. The Balaban J connectivity index is 2.44. The number of Topliss-reactive ketones (excluding diaryl/α,β-unsaturated/α-hetero) is 1. The lowest BCUT2D eigenvalue weighted by Gasteiger charge is -2.24. The molecule has 4 heteroatoms. The van der Waals surface area contributed by atoms with Crippen molar-refractivity contribution >= 4 is 51.0 Å². The lowest BCUT2D eigenvalue weighted by atomic mass is 9.92. The molecule has 2 rings (SSSR count). The number of fused-ring (bicyclic) bond motifs is 1. The van der Waals surface area contributed by atoms with Crippen LogP contribution in [0.2, 0.25) is 0 Å². The number of allylic oxidation sites excluding steroid dienone is 1. The molecule has 0 fully saturated rings. The van der Waals surface area contributed by atoms with Gasteiger partial charge in [-0.1, -0.05) is 53.8 Å². The Morgan fingerprint density at radius 1 is 1.44 bits per heavy atom. The maximum atomic E-state index is 12.1. The highest BCUT2D eigenvalue weighted by Crippen LogP contribution is 2.41. The van der Waals surface area contributed by atoms with E-state index >= 15 is 0 Å². The Hall–Kier alpha value is -0.110. The monoisotopic (exact) mass is 468 g/mol. The van der Waals surface area contributed by atoms with Crippen LogP contribution in [-0.4, -0.2) is 12.4 Å². The highest BCUT2D eigenvalue weighted by molar-refractivity contribution is 14.1.